The smallest absolute Gasteiger partial charge is 0.376 e. The minimum Gasteiger partial charge on any atom is -0.463 e. The van der Waals surface area contributed by atoms with Crippen molar-refractivity contribution < 1.29 is 9.53 Å². The highest BCUT2D eigenvalue weighted by Crippen LogP contribution is 2.24. The molecule has 0 atom stereocenters. The standard InChI is InChI=1S/C13H20N4O2/c1-9-8-11(16-12(15-9)13(18)19-3)14-6-7-17(2)10-4-5-10/h8,10H,4-7H2,1-3H3,(H,14,15,16). The van der Waals surface area contributed by atoms with Crippen LogP contribution in [0.15, 0.2) is 6.07 Å². The van der Waals surface area contributed by atoms with Crippen LogP contribution in [-0.2, 0) is 4.74 Å². The summed E-state index contributed by atoms with van der Waals surface area (Å²) in [5, 5.41) is 3.22. The molecule has 0 unspecified atom stereocenters. The second-order valence-corrected chi connectivity index (χ2v) is 4.85. The van der Waals surface area contributed by atoms with Gasteiger partial charge < -0.3 is 15.0 Å². The molecular formula is C13H20N4O2. The molecule has 1 heterocycles. The Balaban J connectivity index is 1.91. The molecule has 0 aliphatic heterocycles. The van der Waals surface area contributed by atoms with Crippen LogP contribution in [0, 0.1) is 6.92 Å². The molecule has 1 aliphatic rings. The van der Waals surface area contributed by atoms with Crippen LogP contribution in [0.25, 0.3) is 0 Å². The average Bonchev–Trinajstić information content (AvgIpc) is 3.21. The van der Waals surface area contributed by atoms with Gasteiger partial charge in [-0.2, -0.15) is 0 Å². The molecule has 1 aromatic heterocycles. The van der Waals surface area contributed by atoms with E-state index in [-0.39, 0.29) is 5.82 Å². The van der Waals surface area contributed by atoms with E-state index in [0.29, 0.717) is 5.82 Å². The number of carbonyl (C=O) groups is 1. The Bertz CT molecular complexity index is 460. The summed E-state index contributed by atoms with van der Waals surface area (Å²) in [7, 11) is 3.45. The van der Waals surface area contributed by atoms with Crippen molar-refractivity contribution in [3.05, 3.63) is 17.6 Å². The van der Waals surface area contributed by atoms with Gasteiger partial charge in [-0.25, -0.2) is 14.8 Å². The molecule has 1 fully saturated rings. The van der Waals surface area contributed by atoms with Crippen LogP contribution in [0.2, 0.25) is 0 Å². The first-order valence-electron chi connectivity index (χ1n) is 6.48. The van der Waals surface area contributed by atoms with Crippen LogP contribution in [0.1, 0.15) is 29.2 Å². The Kier molecular flexibility index (Phi) is 4.31. The normalized spacial score (nSPS) is 14.5. The molecule has 0 spiro atoms. The maximum absolute atomic E-state index is 11.4. The predicted octanol–water partition coefficient (Wildman–Crippen LogP) is 1.08. The lowest BCUT2D eigenvalue weighted by Gasteiger charge is -2.16. The first kappa shape index (κ1) is 13.7. The van der Waals surface area contributed by atoms with Gasteiger partial charge in [-0.3, -0.25) is 0 Å². The third-order valence-corrected chi connectivity index (χ3v) is 3.16. The number of hydrogen-bond donors (Lipinski definition) is 1. The number of methoxy groups -OCH3 is 1. The number of aromatic nitrogens is 2. The Morgan fingerprint density at radius 3 is 2.89 bits per heavy atom. The quantitative estimate of drug-likeness (QED) is 0.775. The number of ether oxygens (including phenoxy) is 1. The molecule has 6 heteroatoms. The number of hydrogen-bond acceptors (Lipinski definition) is 6. The van der Waals surface area contributed by atoms with Crippen LogP contribution in [-0.4, -0.2) is 54.1 Å². The van der Waals surface area contributed by atoms with E-state index in [0.717, 1.165) is 24.8 Å². The Morgan fingerprint density at radius 1 is 1.53 bits per heavy atom. The predicted molar refractivity (Wildman–Crippen MR) is 72.3 cm³/mol. The lowest BCUT2D eigenvalue weighted by molar-refractivity contribution is 0.0586. The topological polar surface area (TPSA) is 67.3 Å². The maximum atomic E-state index is 11.4. The van der Waals surface area contributed by atoms with E-state index in [1.54, 1.807) is 0 Å². The summed E-state index contributed by atoms with van der Waals surface area (Å²) in [5.74, 6) is 0.250. The first-order chi connectivity index (χ1) is 9.10. The van der Waals surface area contributed by atoms with Crippen molar-refractivity contribution in [2.75, 3.05) is 32.6 Å². The third kappa shape index (κ3) is 3.89. The van der Waals surface area contributed by atoms with Crippen LogP contribution >= 0.6 is 0 Å². The highest BCUT2D eigenvalue weighted by molar-refractivity contribution is 5.85. The second kappa shape index (κ2) is 5.97. The van der Waals surface area contributed by atoms with Gasteiger partial charge in [0.15, 0.2) is 0 Å². The molecule has 6 nitrogen and oxygen atoms in total. The summed E-state index contributed by atoms with van der Waals surface area (Å²) in [6.45, 7) is 3.58. The molecule has 0 bridgehead atoms. The zero-order valence-corrected chi connectivity index (χ0v) is 11.6. The molecule has 0 amide bonds. The second-order valence-electron chi connectivity index (χ2n) is 4.85. The number of aryl methyl sites for hydroxylation is 1. The van der Waals surface area contributed by atoms with Crippen molar-refractivity contribution in [3.8, 4) is 0 Å². The molecule has 0 radical (unpaired) electrons. The summed E-state index contributed by atoms with van der Waals surface area (Å²) < 4.78 is 4.63. The number of rotatable bonds is 6. The van der Waals surface area contributed by atoms with Gasteiger partial charge in [0.2, 0.25) is 5.82 Å². The lowest BCUT2D eigenvalue weighted by Crippen LogP contribution is -2.27. The fourth-order valence-electron chi connectivity index (χ4n) is 1.90. The number of likely N-dealkylation sites (N-methyl/N-ethyl adjacent to an activating group) is 1. The van der Waals surface area contributed by atoms with Crippen molar-refractivity contribution in [2.24, 2.45) is 0 Å². The van der Waals surface area contributed by atoms with Crippen molar-refractivity contribution in [1.29, 1.82) is 0 Å². The van der Waals surface area contributed by atoms with E-state index in [4.69, 9.17) is 0 Å². The van der Waals surface area contributed by atoms with E-state index in [9.17, 15) is 4.79 Å². The maximum Gasteiger partial charge on any atom is 0.376 e. The number of nitrogens with one attached hydrogen (secondary N) is 1. The van der Waals surface area contributed by atoms with Crippen LogP contribution < -0.4 is 5.32 Å². The molecule has 0 saturated heterocycles. The monoisotopic (exact) mass is 264 g/mol. The van der Waals surface area contributed by atoms with E-state index in [1.807, 2.05) is 13.0 Å². The fourth-order valence-corrected chi connectivity index (χ4v) is 1.90. The van der Waals surface area contributed by atoms with Crippen molar-refractivity contribution in [1.82, 2.24) is 14.9 Å². The Morgan fingerprint density at radius 2 is 2.26 bits per heavy atom. The van der Waals surface area contributed by atoms with Crippen LogP contribution in [0.3, 0.4) is 0 Å². The molecule has 104 valence electrons. The van der Waals surface area contributed by atoms with Gasteiger partial charge in [-0.05, 0) is 26.8 Å². The van der Waals surface area contributed by atoms with Crippen molar-refractivity contribution in [2.45, 2.75) is 25.8 Å². The van der Waals surface area contributed by atoms with Gasteiger partial charge in [-0.1, -0.05) is 0 Å². The van der Waals surface area contributed by atoms with E-state index < -0.39 is 5.97 Å². The summed E-state index contributed by atoms with van der Waals surface area (Å²) in [6, 6.07) is 2.57. The zero-order chi connectivity index (χ0) is 13.8. The van der Waals surface area contributed by atoms with Gasteiger partial charge >= 0.3 is 5.97 Å². The Labute approximate surface area is 113 Å². The molecule has 1 aliphatic carbocycles. The lowest BCUT2D eigenvalue weighted by atomic mass is 10.4. The van der Waals surface area contributed by atoms with Gasteiger partial charge in [0.1, 0.15) is 5.82 Å². The molecule has 1 N–H and O–H groups in total. The Hall–Kier alpha value is -1.69. The third-order valence-electron chi connectivity index (χ3n) is 3.16. The van der Waals surface area contributed by atoms with E-state index >= 15 is 0 Å². The zero-order valence-electron chi connectivity index (χ0n) is 11.6. The number of carbonyl (C=O) groups excluding carboxylic acids is 1. The fraction of sp³-hybridized carbons (Fsp3) is 0.615. The number of anilines is 1. The minimum absolute atomic E-state index is 0.0977. The summed E-state index contributed by atoms with van der Waals surface area (Å²) in [6.07, 6.45) is 2.60. The molecule has 2 rings (SSSR count). The van der Waals surface area contributed by atoms with Gasteiger partial charge in [0.25, 0.3) is 0 Å². The highest BCUT2D eigenvalue weighted by atomic mass is 16.5. The van der Waals surface area contributed by atoms with Gasteiger partial charge in [-0.15, -0.1) is 0 Å². The number of nitrogens with zero attached hydrogens (tertiary/aromatic N) is 3. The largest absolute Gasteiger partial charge is 0.463 e. The van der Waals surface area contributed by atoms with E-state index in [1.165, 1.54) is 20.0 Å². The average molecular weight is 264 g/mol. The highest BCUT2D eigenvalue weighted by Gasteiger charge is 2.25. The first-order valence-corrected chi connectivity index (χ1v) is 6.48. The molecular weight excluding hydrogens is 244 g/mol. The van der Waals surface area contributed by atoms with Crippen LogP contribution in [0.4, 0.5) is 5.82 Å². The van der Waals surface area contributed by atoms with Crippen LogP contribution in [0.5, 0.6) is 0 Å². The SMILES string of the molecule is COC(=O)c1nc(C)cc(NCCN(C)C2CC2)n1. The molecule has 1 aromatic rings. The van der Waals surface area contributed by atoms with E-state index in [2.05, 4.69) is 32.0 Å². The number of esters is 1. The summed E-state index contributed by atoms with van der Waals surface area (Å²) >= 11 is 0. The van der Waals surface area contributed by atoms with Gasteiger partial charge in [0, 0.05) is 30.9 Å². The minimum atomic E-state index is -0.512. The van der Waals surface area contributed by atoms with Gasteiger partial charge in [0.05, 0.1) is 7.11 Å². The van der Waals surface area contributed by atoms with Crippen molar-refractivity contribution >= 4 is 11.8 Å². The molecule has 19 heavy (non-hydrogen) atoms. The summed E-state index contributed by atoms with van der Waals surface area (Å²) in [4.78, 5) is 21.9. The molecule has 1 saturated carbocycles. The van der Waals surface area contributed by atoms with Crippen molar-refractivity contribution in [3.63, 3.8) is 0 Å². The summed E-state index contributed by atoms with van der Waals surface area (Å²) in [5.41, 5.74) is 0.744. The molecule has 0 aromatic carbocycles.